The summed E-state index contributed by atoms with van der Waals surface area (Å²) in [7, 11) is 0. The first kappa shape index (κ1) is 13.6. The first-order valence-corrected chi connectivity index (χ1v) is 7.00. The zero-order chi connectivity index (χ0) is 14.7. The van der Waals surface area contributed by atoms with Gasteiger partial charge in [-0.15, -0.1) is 0 Å². The Morgan fingerprint density at radius 2 is 1.52 bits per heavy atom. The lowest BCUT2D eigenvalue weighted by atomic mass is 9.69. The fraction of sp³-hybridized carbons (Fsp3) is 0.167. The average molecular weight is 279 g/mol. The molecule has 2 aromatic carbocycles. The van der Waals surface area contributed by atoms with Crippen LogP contribution in [0.15, 0.2) is 72.8 Å². The maximum Gasteiger partial charge on any atom is 0.320 e. The number of benzene rings is 2. The van der Waals surface area contributed by atoms with Crippen LogP contribution in [0, 0.1) is 0 Å². The molecule has 0 aromatic heterocycles. The van der Waals surface area contributed by atoms with Crippen LogP contribution in [-0.4, -0.2) is 23.7 Å². The smallest absolute Gasteiger partial charge is 0.320 e. The van der Waals surface area contributed by atoms with Crippen molar-refractivity contribution in [3.05, 3.63) is 83.9 Å². The molecule has 0 aliphatic carbocycles. The van der Waals surface area contributed by atoms with Crippen molar-refractivity contribution >= 4 is 5.97 Å². The molecule has 1 heterocycles. The lowest BCUT2D eigenvalue weighted by Gasteiger charge is -2.35. The van der Waals surface area contributed by atoms with Gasteiger partial charge in [0.2, 0.25) is 0 Å². The highest BCUT2D eigenvalue weighted by Gasteiger charge is 2.48. The molecule has 0 spiro atoms. The van der Waals surface area contributed by atoms with Gasteiger partial charge in [0, 0.05) is 12.6 Å². The number of carboxylic acids is 1. The SMILES string of the molecule is O=C(O)C(c1ccccc1)(c1ccccc1)C1C=CCN1. The summed E-state index contributed by atoms with van der Waals surface area (Å²) < 4.78 is 0. The van der Waals surface area contributed by atoms with Crippen LogP contribution in [0.25, 0.3) is 0 Å². The Labute approximate surface area is 123 Å². The summed E-state index contributed by atoms with van der Waals surface area (Å²) in [6.45, 7) is 0.694. The van der Waals surface area contributed by atoms with E-state index in [0.717, 1.165) is 11.1 Å². The summed E-state index contributed by atoms with van der Waals surface area (Å²) in [5, 5.41) is 13.4. The minimum atomic E-state index is -1.12. The summed E-state index contributed by atoms with van der Waals surface area (Å²) in [6.07, 6.45) is 3.93. The molecular weight excluding hydrogens is 262 g/mol. The number of hydrogen-bond acceptors (Lipinski definition) is 2. The van der Waals surface area contributed by atoms with E-state index in [4.69, 9.17) is 0 Å². The second-order valence-electron chi connectivity index (χ2n) is 5.16. The predicted molar refractivity (Wildman–Crippen MR) is 82.2 cm³/mol. The molecule has 0 saturated carbocycles. The molecule has 0 saturated heterocycles. The predicted octanol–water partition coefficient (Wildman–Crippen LogP) is 2.59. The van der Waals surface area contributed by atoms with Gasteiger partial charge in [-0.25, -0.2) is 0 Å². The highest BCUT2D eigenvalue weighted by molar-refractivity contribution is 5.88. The Morgan fingerprint density at radius 1 is 1.00 bits per heavy atom. The molecule has 106 valence electrons. The normalized spacial score (nSPS) is 17.8. The van der Waals surface area contributed by atoms with E-state index < -0.39 is 11.4 Å². The number of carboxylic acid groups (broad SMARTS) is 1. The summed E-state index contributed by atoms with van der Waals surface area (Å²) in [5.74, 6) is -0.844. The molecule has 21 heavy (non-hydrogen) atoms. The summed E-state index contributed by atoms with van der Waals surface area (Å²) in [6, 6.07) is 18.6. The van der Waals surface area contributed by atoms with Crippen molar-refractivity contribution in [1.29, 1.82) is 0 Å². The molecule has 1 aliphatic rings. The second kappa shape index (κ2) is 5.54. The molecule has 1 atom stereocenters. The molecule has 2 N–H and O–H groups in total. The monoisotopic (exact) mass is 279 g/mol. The zero-order valence-electron chi connectivity index (χ0n) is 11.6. The van der Waals surface area contributed by atoms with Gasteiger partial charge >= 0.3 is 5.97 Å². The lowest BCUT2D eigenvalue weighted by molar-refractivity contribution is -0.142. The molecule has 1 unspecified atom stereocenters. The second-order valence-corrected chi connectivity index (χ2v) is 5.16. The number of rotatable bonds is 4. The third-order valence-corrected chi connectivity index (χ3v) is 4.05. The number of nitrogens with one attached hydrogen (secondary N) is 1. The minimum Gasteiger partial charge on any atom is -0.480 e. The van der Waals surface area contributed by atoms with Crippen LogP contribution >= 0.6 is 0 Å². The molecular formula is C18H17NO2. The van der Waals surface area contributed by atoms with Crippen molar-refractivity contribution in [3.8, 4) is 0 Å². The Bertz CT molecular complexity index is 610. The van der Waals surface area contributed by atoms with Crippen LogP contribution in [0.2, 0.25) is 0 Å². The third kappa shape index (κ3) is 2.16. The highest BCUT2D eigenvalue weighted by atomic mass is 16.4. The maximum absolute atomic E-state index is 12.3. The van der Waals surface area contributed by atoms with Gasteiger partial charge in [0.25, 0.3) is 0 Å². The van der Waals surface area contributed by atoms with E-state index in [9.17, 15) is 9.90 Å². The van der Waals surface area contributed by atoms with Crippen LogP contribution in [0.4, 0.5) is 0 Å². The van der Waals surface area contributed by atoms with Crippen molar-refractivity contribution in [2.24, 2.45) is 0 Å². The van der Waals surface area contributed by atoms with Gasteiger partial charge in [0.15, 0.2) is 0 Å². The van der Waals surface area contributed by atoms with Gasteiger partial charge in [0.1, 0.15) is 5.41 Å². The Balaban J connectivity index is 2.26. The van der Waals surface area contributed by atoms with Gasteiger partial charge in [-0.05, 0) is 11.1 Å². The van der Waals surface area contributed by atoms with E-state index in [2.05, 4.69) is 5.32 Å². The molecule has 0 radical (unpaired) electrons. The van der Waals surface area contributed by atoms with Crippen LogP contribution in [0.5, 0.6) is 0 Å². The van der Waals surface area contributed by atoms with E-state index >= 15 is 0 Å². The molecule has 3 rings (SSSR count). The summed E-state index contributed by atoms with van der Waals surface area (Å²) in [4.78, 5) is 12.3. The van der Waals surface area contributed by atoms with E-state index in [1.54, 1.807) is 0 Å². The van der Waals surface area contributed by atoms with E-state index in [1.165, 1.54) is 0 Å². The molecule has 3 nitrogen and oxygen atoms in total. The maximum atomic E-state index is 12.3. The van der Waals surface area contributed by atoms with E-state index in [0.29, 0.717) is 6.54 Å². The fourth-order valence-electron chi connectivity index (χ4n) is 3.07. The Hall–Kier alpha value is -2.39. The average Bonchev–Trinajstić information content (AvgIpc) is 3.04. The minimum absolute atomic E-state index is 0.264. The lowest BCUT2D eigenvalue weighted by Crippen LogP contribution is -2.51. The Morgan fingerprint density at radius 3 is 1.90 bits per heavy atom. The van der Waals surface area contributed by atoms with Crippen LogP contribution in [0.3, 0.4) is 0 Å². The van der Waals surface area contributed by atoms with Crippen LogP contribution in [0.1, 0.15) is 11.1 Å². The fourth-order valence-corrected chi connectivity index (χ4v) is 3.07. The largest absolute Gasteiger partial charge is 0.480 e. The summed E-state index contributed by atoms with van der Waals surface area (Å²) >= 11 is 0. The first-order valence-electron chi connectivity index (χ1n) is 7.00. The molecule has 3 heteroatoms. The first-order chi connectivity index (χ1) is 10.3. The quantitative estimate of drug-likeness (QED) is 0.846. The topological polar surface area (TPSA) is 49.3 Å². The molecule has 0 fully saturated rings. The van der Waals surface area contributed by atoms with Gasteiger partial charge in [-0.3, -0.25) is 4.79 Å². The number of hydrogen-bond donors (Lipinski definition) is 2. The van der Waals surface area contributed by atoms with Crippen LogP contribution < -0.4 is 5.32 Å². The van der Waals surface area contributed by atoms with Crippen LogP contribution in [-0.2, 0) is 10.2 Å². The standard InChI is InChI=1S/C18H17NO2/c20-17(21)18(16-12-7-13-19-16,14-8-3-1-4-9-14)15-10-5-2-6-11-15/h1-12,16,19H,13H2,(H,20,21). The Kier molecular flexibility index (Phi) is 3.59. The molecule has 1 aliphatic heterocycles. The molecule has 0 amide bonds. The van der Waals surface area contributed by atoms with Gasteiger partial charge in [-0.2, -0.15) is 0 Å². The third-order valence-electron chi connectivity index (χ3n) is 4.05. The van der Waals surface area contributed by atoms with Crippen molar-refractivity contribution in [3.63, 3.8) is 0 Å². The number of aliphatic carboxylic acids is 1. The van der Waals surface area contributed by atoms with E-state index in [1.807, 2.05) is 72.8 Å². The van der Waals surface area contributed by atoms with Crippen molar-refractivity contribution in [2.45, 2.75) is 11.5 Å². The van der Waals surface area contributed by atoms with Gasteiger partial charge in [0.05, 0.1) is 0 Å². The summed E-state index contributed by atoms with van der Waals surface area (Å²) in [5.41, 5.74) is 0.454. The van der Waals surface area contributed by atoms with Crippen molar-refractivity contribution in [2.75, 3.05) is 6.54 Å². The molecule has 0 bridgehead atoms. The van der Waals surface area contributed by atoms with Crippen molar-refractivity contribution < 1.29 is 9.90 Å². The van der Waals surface area contributed by atoms with Gasteiger partial charge < -0.3 is 10.4 Å². The molecule has 2 aromatic rings. The van der Waals surface area contributed by atoms with Crippen molar-refractivity contribution in [1.82, 2.24) is 5.32 Å². The van der Waals surface area contributed by atoms with Gasteiger partial charge in [-0.1, -0.05) is 72.8 Å². The number of carbonyl (C=O) groups is 1. The van der Waals surface area contributed by atoms with E-state index in [-0.39, 0.29) is 6.04 Å². The highest BCUT2D eigenvalue weighted by Crippen LogP contribution is 2.37. The zero-order valence-corrected chi connectivity index (χ0v) is 11.6.